The minimum Gasteiger partial charge on any atom is -0.394 e. The number of carbonyl (C=O) groups is 2. The number of carbonyl (C=O) groups excluding carboxylic acids is 2. The van der Waals surface area contributed by atoms with Gasteiger partial charge in [0.25, 0.3) is 0 Å². The fourth-order valence-electron chi connectivity index (χ4n) is 12.1. The first kappa shape index (κ1) is 77.2. The Morgan fingerprint density at radius 1 is 0.309 bits per heavy atom. The molecule has 0 aromatic rings. The summed E-state index contributed by atoms with van der Waals surface area (Å²) in [6, 6.07) is -2.86. The van der Waals surface area contributed by atoms with E-state index in [9.17, 15) is 127 Å². The Morgan fingerprint density at radius 2 is 0.638 bits per heavy atom. The van der Waals surface area contributed by atoms with E-state index in [0.29, 0.717) is 0 Å². The van der Waals surface area contributed by atoms with Crippen molar-refractivity contribution in [3.8, 4) is 0 Å². The van der Waals surface area contributed by atoms with Crippen LogP contribution < -0.4 is 10.6 Å². The van der Waals surface area contributed by atoms with Crippen molar-refractivity contribution in [2.75, 3.05) is 59.5 Å². The smallest absolute Gasteiger partial charge is 0.217 e. The fraction of sp³-hybridized carbons (Fsp3) is 0.962. The minimum atomic E-state index is -2.48. The monoisotopic (exact) mass is 1380 g/mol. The summed E-state index contributed by atoms with van der Waals surface area (Å²) in [5, 5.41) is 256. The van der Waals surface area contributed by atoms with Gasteiger partial charge in [0, 0.05) is 13.8 Å². The van der Waals surface area contributed by atoms with Crippen LogP contribution in [0.25, 0.3) is 0 Å². The van der Waals surface area contributed by atoms with Crippen LogP contribution in [0.4, 0.5) is 0 Å². The maximum absolute atomic E-state index is 12.7. The number of nitrogens with one attached hydrogen (secondary N) is 2. The van der Waals surface area contributed by atoms with Gasteiger partial charge in [-0.1, -0.05) is 0 Å². The summed E-state index contributed by atoms with van der Waals surface area (Å²) in [6.45, 7) is -6.31. The average molecular weight is 1380 g/mol. The zero-order chi connectivity index (χ0) is 69.1. The number of ether oxygens (including phenoxy) is 15. The highest BCUT2D eigenvalue weighted by atomic mass is 16.8. The molecule has 0 unspecified atom stereocenters. The third-order valence-corrected chi connectivity index (χ3v) is 17.4. The number of hydrogen-bond acceptors (Lipinski definition) is 40. The minimum absolute atomic E-state index is 0.296. The SMILES string of the molecule is CC(=O)N[C@H]1[C@H](O[C@H]2[C@H](O)[C@@H](NC(C)=O)CO[C@@H]2CO)O[C@H](CO)[C@@H](O[C@@H]2O[C@H](CO)[C@@H](O)[C@H](O[C@H]3O[C@H](CO[C@H]4O[C@H](CO)[C@@H](O)[C@H](O)[C@@H]4O[C@H]4O[C@H](CO)[C@@H](O)[C@H](O)[C@@H]4O)[C@@H](O)[C@H](O)[C@@H]3O[C@H]3O[C@H](CO)[C@@H](O)[C@H](O)[C@@H]3O[C@@H]3O[C@H](CO)[C@@H](O)[C@H](O)[C@@H]3O)[C@@H]2O)[C@@H]1O. The summed E-state index contributed by atoms with van der Waals surface area (Å²) in [4.78, 5) is 24.7. The van der Waals surface area contributed by atoms with Crippen molar-refractivity contribution in [3.05, 3.63) is 0 Å². The van der Waals surface area contributed by atoms with Crippen molar-refractivity contribution in [1.29, 1.82) is 0 Å². The molecule has 8 aliphatic rings. The third kappa shape index (κ3) is 16.6. The maximum Gasteiger partial charge on any atom is 0.217 e. The number of rotatable bonds is 24. The van der Waals surface area contributed by atoms with Crippen LogP contribution in [0.1, 0.15) is 13.8 Å². The largest absolute Gasteiger partial charge is 0.394 e. The topological polar surface area (TPSA) is 662 Å². The van der Waals surface area contributed by atoms with Crippen LogP contribution >= 0.6 is 0 Å². The Labute approximate surface area is 532 Å². The molecular weight excluding hydrogens is 1290 g/mol. The lowest BCUT2D eigenvalue weighted by Gasteiger charge is -2.51. The molecule has 94 heavy (non-hydrogen) atoms. The number of amides is 2. The number of hydrogen-bond donors (Lipinski definition) is 25. The van der Waals surface area contributed by atoms with Gasteiger partial charge in [-0.05, 0) is 0 Å². The Bertz CT molecular complexity index is 2350. The van der Waals surface area contributed by atoms with Crippen LogP contribution in [-0.2, 0) is 80.6 Å². The average Bonchev–Trinajstić information content (AvgIpc) is 0.779. The molecule has 8 fully saturated rings. The van der Waals surface area contributed by atoms with Gasteiger partial charge in [0.15, 0.2) is 44.0 Å². The van der Waals surface area contributed by atoms with E-state index in [0.717, 1.165) is 13.8 Å². The van der Waals surface area contributed by atoms with Gasteiger partial charge in [-0.15, -0.1) is 0 Å². The van der Waals surface area contributed by atoms with Gasteiger partial charge in [0.2, 0.25) is 11.8 Å². The Hall–Kier alpha value is -2.58. The molecule has 0 aromatic heterocycles. The molecule has 546 valence electrons. The quantitative estimate of drug-likeness (QED) is 0.0427. The molecule has 2 amide bonds. The summed E-state index contributed by atoms with van der Waals surface area (Å²) in [6.07, 6.45) is -75.3. The van der Waals surface area contributed by atoms with Crippen molar-refractivity contribution in [1.82, 2.24) is 10.6 Å². The molecule has 0 radical (unpaired) electrons. The van der Waals surface area contributed by atoms with Gasteiger partial charge in [0.1, 0.15) is 189 Å². The molecule has 8 aliphatic heterocycles. The highest BCUT2D eigenvalue weighted by molar-refractivity contribution is 5.73. The van der Waals surface area contributed by atoms with Gasteiger partial charge < -0.3 is 199 Å². The van der Waals surface area contributed by atoms with E-state index >= 15 is 0 Å². The first-order valence-corrected chi connectivity index (χ1v) is 30.0. The molecule has 0 aromatic carbocycles. The predicted octanol–water partition coefficient (Wildman–Crippen LogP) is -17.5. The summed E-state index contributed by atoms with van der Waals surface area (Å²) in [5.41, 5.74) is 0. The molecule has 0 aliphatic carbocycles. The van der Waals surface area contributed by atoms with Crippen LogP contribution in [-0.4, -0.2) is 428 Å². The molecule has 0 bridgehead atoms. The maximum atomic E-state index is 12.7. The van der Waals surface area contributed by atoms with E-state index < -0.39 is 304 Å². The van der Waals surface area contributed by atoms with E-state index in [1.807, 2.05) is 0 Å². The van der Waals surface area contributed by atoms with Gasteiger partial charge in [0.05, 0.1) is 65.5 Å². The summed E-state index contributed by atoms with van der Waals surface area (Å²) in [7, 11) is 0. The van der Waals surface area contributed by atoms with E-state index in [4.69, 9.17) is 71.1 Å². The second kappa shape index (κ2) is 33.7. The predicted molar refractivity (Wildman–Crippen MR) is 286 cm³/mol. The van der Waals surface area contributed by atoms with Gasteiger partial charge in [-0.3, -0.25) is 9.59 Å². The van der Waals surface area contributed by atoms with Crippen molar-refractivity contribution >= 4 is 11.8 Å². The first-order valence-electron chi connectivity index (χ1n) is 30.0. The first-order chi connectivity index (χ1) is 44.6. The highest BCUT2D eigenvalue weighted by Gasteiger charge is 2.60. The van der Waals surface area contributed by atoms with Crippen LogP contribution in [0.5, 0.6) is 0 Å². The van der Waals surface area contributed by atoms with Gasteiger partial charge in [-0.2, -0.15) is 0 Å². The van der Waals surface area contributed by atoms with E-state index in [1.165, 1.54) is 0 Å². The molecule has 42 nitrogen and oxygen atoms in total. The van der Waals surface area contributed by atoms with Crippen molar-refractivity contribution < 1.29 is 198 Å². The van der Waals surface area contributed by atoms with Crippen molar-refractivity contribution in [2.45, 2.75) is 253 Å². The van der Waals surface area contributed by atoms with Gasteiger partial charge >= 0.3 is 0 Å². The molecule has 8 heterocycles. The van der Waals surface area contributed by atoms with Crippen LogP contribution in [0.3, 0.4) is 0 Å². The summed E-state index contributed by atoms with van der Waals surface area (Å²) < 4.78 is 87.4. The van der Waals surface area contributed by atoms with Crippen molar-refractivity contribution in [2.24, 2.45) is 0 Å². The molecule has 8 rings (SSSR count). The molecule has 0 spiro atoms. The number of aliphatic hydroxyl groups is 23. The fourth-order valence-corrected chi connectivity index (χ4v) is 12.1. The Balaban J connectivity index is 1.10. The van der Waals surface area contributed by atoms with E-state index in [-0.39, 0.29) is 6.61 Å². The molecule has 8 saturated heterocycles. The summed E-state index contributed by atoms with van der Waals surface area (Å²) in [5.74, 6) is -1.43. The highest BCUT2D eigenvalue weighted by Crippen LogP contribution is 2.39. The van der Waals surface area contributed by atoms with Gasteiger partial charge in [-0.25, -0.2) is 0 Å². The normalized spacial score (nSPS) is 50.4. The lowest BCUT2D eigenvalue weighted by Crippen LogP contribution is -2.70. The lowest BCUT2D eigenvalue weighted by atomic mass is 9.94. The Kier molecular flexibility index (Phi) is 27.7. The third-order valence-electron chi connectivity index (χ3n) is 17.4. The summed E-state index contributed by atoms with van der Waals surface area (Å²) >= 11 is 0. The van der Waals surface area contributed by atoms with E-state index in [2.05, 4.69) is 10.6 Å². The second-order valence-corrected chi connectivity index (χ2v) is 23.8. The van der Waals surface area contributed by atoms with E-state index in [1.54, 1.807) is 0 Å². The Morgan fingerprint density at radius 3 is 1.10 bits per heavy atom. The standard InChI is InChI=1S/C52H88N2O40/c1-12(62)53-14-10-80-20(8-60)40(24(14)64)89-46-23(54-13(2)63)31(71)41(21(9-61)87-46)90-49-39(79)42(30(70)19(7-59)84-49)91-52-45(94-51-44(35(75)28(68)18(6-58)86-51)93-48-38(78)33(73)26(66)16(4-56)83-48)36(76)29(69)22(88-52)11-81-50-43(34(74)27(67)17(5-57)85-50)92-47-37(77)32(72)25(65)15(3-55)82-47/h14-52,55-61,64-79H,3-11H2,1-2H3,(H,53,62)(H,54,63)/t14-,15+,16+,17+,18+,19+,20+,21+,22+,23+,24+,25+,26+,27+,28+,29+,30+,31+,32-,33-,34-,35-,36-,37-,38-,39-,40+,41+,42-,43-,44-,45-,46-,47+,48-,49-,50-,51+,52+/m0/s1. The molecule has 25 N–H and O–H groups in total. The van der Waals surface area contributed by atoms with Crippen LogP contribution in [0.15, 0.2) is 0 Å². The molecule has 39 atom stereocenters. The number of aliphatic hydroxyl groups excluding tert-OH is 23. The lowest BCUT2D eigenvalue weighted by molar-refractivity contribution is -0.409. The molecular formula is C52H88N2O40. The zero-order valence-corrected chi connectivity index (χ0v) is 50.1. The molecule has 0 saturated carbocycles. The van der Waals surface area contributed by atoms with Crippen LogP contribution in [0, 0.1) is 0 Å². The second-order valence-electron chi connectivity index (χ2n) is 23.8. The van der Waals surface area contributed by atoms with Crippen LogP contribution in [0.2, 0.25) is 0 Å². The zero-order valence-electron chi connectivity index (χ0n) is 50.1. The molecule has 42 heteroatoms. The van der Waals surface area contributed by atoms with Crippen molar-refractivity contribution in [3.63, 3.8) is 0 Å².